The first kappa shape index (κ1) is 18.3. The highest BCUT2D eigenvalue weighted by Gasteiger charge is 2.25. The first-order valence-electron chi connectivity index (χ1n) is 9.74. The van der Waals surface area contributed by atoms with Gasteiger partial charge in [0, 0.05) is 50.4 Å². The molecule has 4 rings (SSSR count). The van der Waals surface area contributed by atoms with Crippen LogP contribution in [0.25, 0.3) is 5.65 Å². The number of likely N-dealkylation sites (tertiary alicyclic amines) is 1. The summed E-state index contributed by atoms with van der Waals surface area (Å²) in [5.41, 5.74) is 2.93. The lowest BCUT2D eigenvalue weighted by molar-refractivity contribution is 0.180. The topological polar surface area (TPSA) is 71.6 Å². The number of benzene rings is 1. The number of rotatable bonds is 4. The van der Waals surface area contributed by atoms with Crippen LogP contribution < -0.4 is 10.9 Å². The maximum atomic E-state index is 12.4. The molecule has 0 aliphatic carbocycles. The maximum absolute atomic E-state index is 12.4. The van der Waals surface area contributed by atoms with Gasteiger partial charge in [-0.05, 0) is 24.8 Å². The fourth-order valence-electron chi connectivity index (χ4n) is 3.98. The van der Waals surface area contributed by atoms with Gasteiger partial charge in [0.15, 0.2) is 0 Å². The number of aryl methyl sites for hydroxylation is 1. The Balaban J connectivity index is 1.34. The van der Waals surface area contributed by atoms with Gasteiger partial charge >= 0.3 is 6.03 Å². The van der Waals surface area contributed by atoms with Crippen molar-refractivity contribution in [1.82, 2.24) is 24.4 Å². The molecule has 7 heteroatoms. The highest BCUT2D eigenvalue weighted by molar-refractivity contribution is 5.74. The summed E-state index contributed by atoms with van der Waals surface area (Å²) in [5.74, 6) is 0.269. The monoisotopic (exact) mass is 379 g/mol. The van der Waals surface area contributed by atoms with Gasteiger partial charge in [0.1, 0.15) is 5.65 Å². The van der Waals surface area contributed by atoms with Crippen LogP contribution in [0.4, 0.5) is 4.79 Å². The Hall–Kier alpha value is -3.09. The molecule has 146 valence electrons. The van der Waals surface area contributed by atoms with Crippen molar-refractivity contribution in [3.63, 3.8) is 0 Å². The van der Waals surface area contributed by atoms with Gasteiger partial charge in [-0.1, -0.05) is 30.3 Å². The largest absolute Gasteiger partial charge is 0.338 e. The van der Waals surface area contributed by atoms with E-state index in [1.54, 1.807) is 12.3 Å². The van der Waals surface area contributed by atoms with Gasteiger partial charge in [-0.2, -0.15) is 9.61 Å². The molecule has 0 spiro atoms. The van der Waals surface area contributed by atoms with Crippen molar-refractivity contribution in [3.05, 3.63) is 70.3 Å². The number of nitrogens with one attached hydrogen (secondary N) is 1. The summed E-state index contributed by atoms with van der Waals surface area (Å²) in [7, 11) is 1.97. The standard InChI is InChI=1S/C21H25N5O2/c1-24-18(15-20(27)26-19(24)8-12-23-26)17-9-13-25(14-10-17)21(28)22-11-7-16-5-3-2-4-6-16/h2-6,8,12,15,17H,7,9-11,13-14H2,1H3,(H,22,28). The highest BCUT2D eigenvalue weighted by Crippen LogP contribution is 2.27. The van der Waals surface area contributed by atoms with Crippen LogP contribution in [0.15, 0.2) is 53.5 Å². The van der Waals surface area contributed by atoms with Gasteiger partial charge in [-0.15, -0.1) is 0 Å². The van der Waals surface area contributed by atoms with Gasteiger partial charge in [0.05, 0.1) is 6.20 Å². The molecule has 0 unspecified atom stereocenters. The highest BCUT2D eigenvalue weighted by atomic mass is 16.2. The van der Waals surface area contributed by atoms with Crippen molar-refractivity contribution in [1.29, 1.82) is 0 Å². The van der Waals surface area contributed by atoms with Gasteiger partial charge in [-0.3, -0.25) is 4.79 Å². The number of hydrogen-bond acceptors (Lipinski definition) is 3. The lowest BCUT2D eigenvalue weighted by atomic mass is 9.93. The molecule has 1 fully saturated rings. The molecule has 28 heavy (non-hydrogen) atoms. The molecule has 7 nitrogen and oxygen atoms in total. The maximum Gasteiger partial charge on any atom is 0.317 e. The van der Waals surface area contributed by atoms with Crippen LogP contribution >= 0.6 is 0 Å². The lowest BCUT2D eigenvalue weighted by Gasteiger charge is -2.33. The molecular weight excluding hydrogens is 354 g/mol. The minimum absolute atomic E-state index is 0.00508. The SMILES string of the molecule is Cn1c(C2CCN(C(=O)NCCc3ccccc3)CC2)cc(=O)n2nccc12. The fraction of sp³-hybridized carbons (Fsp3) is 0.381. The predicted molar refractivity (Wildman–Crippen MR) is 108 cm³/mol. The second-order valence-corrected chi connectivity index (χ2v) is 7.30. The molecule has 3 heterocycles. The molecule has 1 aliphatic rings. The Morgan fingerprint density at radius 2 is 1.93 bits per heavy atom. The number of amides is 2. The number of hydrogen-bond donors (Lipinski definition) is 1. The number of aromatic nitrogens is 3. The second kappa shape index (κ2) is 7.88. The summed E-state index contributed by atoms with van der Waals surface area (Å²) in [6.07, 6.45) is 4.17. The molecule has 3 aromatic rings. The fourth-order valence-corrected chi connectivity index (χ4v) is 3.98. The molecule has 2 aromatic heterocycles. The Kier molecular flexibility index (Phi) is 5.14. The smallest absolute Gasteiger partial charge is 0.317 e. The van der Waals surface area contributed by atoms with Crippen molar-refractivity contribution in [2.45, 2.75) is 25.2 Å². The number of carbonyl (C=O) groups excluding carboxylic acids is 1. The van der Waals surface area contributed by atoms with Crippen LogP contribution in [-0.2, 0) is 13.5 Å². The van der Waals surface area contributed by atoms with E-state index in [0.29, 0.717) is 19.6 Å². The molecular formula is C21H25N5O2. The van der Waals surface area contributed by atoms with Crippen LogP contribution in [0.3, 0.4) is 0 Å². The zero-order valence-electron chi connectivity index (χ0n) is 16.0. The Labute approximate surface area is 163 Å². The Bertz CT molecular complexity index is 1020. The number of carbonyl (C=O) groups is 1. The summed E-state index contributed by atoms with van der Waals surface area (Å²) in [6.45, 7) is 2.02. The summed E-state index contributed by atoms with van der Waals surface area (Å²) in [4.78, 5) is 26.6. The number of urea groups is 1. The molecule has 1 aromatic carbocycles. The minimum atomic E-state index is -0.103. The third-order valence-electron chi connectivity index (χ3n) is 5.57. The van der Waals surface area contributed by atoms with E-state index >= 15 is 0 Å². The molecule has 0 bridgehead atoms. The van der Waals surface area contributed by atoms with Crippen molar-refractivity contribution in [2.75, 3.05) is 19.6 Å². The normalized spacial score (nSPS) is 15.1. The molecule has 0 radical (unpaired) electrons. The third-order valence-corrected chi connectivity index (χ3v) is 5.57. The predicted octanol–water partition coefficient (Wildman–Crippen LogP) is 2.16. The van der Waals surface area contributed by atoms with Gasteiger partial charge in [0.25, 0.3) is 5.56 Å². The number of piperidine rings is 1. The van der Waals surface area contributed by atoms with Gasteiger partial charge in [0.2, 0.25) is 0 Å². The van der Waals surface area contributed by atoms with E-state index < -0.39 is 0 Å². The quantitative estimate of drug-likeness (QED) is 0.755. The van der Waals surface area contributed by atoms with Crippen molar-refractivity contribution in [2.24, 2.45) is 7.05 Å². The van der Waals surface area contributed by atoms with E-state index in [4.69, 9.17) is 0 Å². The Morgan fingerprint density at radius 1 is 1.18 bits per heavy atom. The molecule has 0 atom stereocenters. The van der Waals surface area contributed by atoms with E-state index in [1.165, 1.54) is 10.1 Å². The van der Waals surface area contributed by atoms with Crippen LogP contribution in [0.1, 0.15) is 30.0 Å². The zero-order chi connectivity index (χ0) is 19.5. The van der Waals surface area contributed by atoms with E-state index in [2.05, 4.69) is 22.5 Å². The van der Waals surface area contributed by atoms with Gasteiger partial charge < -0.3 is 14.8 Å². The zero-order valence-corrected chi connectivity index (χ0v) is 16.0. The summed E-state index contributed by atoms with van der Waals surface area (Å²) >= 11 is 0. The number of nitrogens with zero attached hydrogens (tertiary/aromatic N) is 4. The molecule has 1 saturated heterocycles. The lowest BCUT2D eigenvalue weighted by Crippen LogP contribution is -2.45. The van der Waals surface area contributed by atoms with Crippen LogP contribution in [-0.4, -0.2) is 44.7 Å². The van der Waals surface area contributed by atoms with Crippen LogP contribution in [0.2, 0.25) is 0 Å². The first-order valence-corrected chi connectivity index (χ1v) is 9.74. The second-order valence-electron chi connectivity index (χ2n) is 7.30. The van der Waals surface area contributed by atoms with Crippen molar-refractivity contribution in [3.8, 4) is 0 Å². The van der Waals surface area contributed by atoms with Crippen molar-refractivity contribution >= 4 is 11.7 Å². The third kappa shape index (κ3) is 3.65. The molecule has 2 amide bonds. The van der Waals surface area contributed by atoms with Crippen LogP contribution in [0.5, 0.6) is 0 Å². The van der Waals surface area contributed by atoms with E-state index in [1.807, 2.05) is 40.8 Å². The van der Waals surface area contributed by atoms with Crippen LogP contribution in [0, 0.1) is 0 Å². The molecule has 1 aliphatic heterocycles. The summed E-state index contributed by atoms with van der Waals surface area (Å²) < 4.78 is 3.45. The van der Waals surface area contributed by atoms with E-state index in [0.717, 1.165) is 30.6 Å². The molecule has 1 N–H and O–H groups in total. The molecule has 0 saturated carbocycles. The first-order chi connectivity index (χ1) is 13.6. The summed E-state index contributed by atoms with van der Waals surface area (Å²) in [5, 5.41) is 7.09. The van der Waals surface area contributed by atoms with Gasteiger partial charge in [-0.25, -0.2) is 4.79 Å². The van der Waals surface area contributed by atoms with E-state index in [9.17, 15) is 9.59 Å². The van der Waals surface area contributed by atoms with E-state index in [-0.39, 0.29) is 17.5 Å². The average Bonchev–Trinajstić information content (AvgIpc) is 3.23. The number of fused-ring (bicyclic) bond motifs is 1. The Morgan fingerprint density at radius 3 is 2.68 bits per heavy atom. The van der Waals surface area contributed by atoms with Crippen molar-refractivity contribution < 1.29 is 4.79 Å². The average molecular weight is 379 g/mol. The summed E-state index contributed by atoms with van der Waals surface area (Å²) in [6, 6.07) is 13.7. The minimum Gasteiger partial charge on any atom is -0.338 e.